The molecule has 1 aromatic carbocycles. The highest BCUT2D eigenvalue weighted by atomic mass is 35.5. The lowest BCUT2D eigenvalue weighted by Gasteiger charge is -2.06. The van der Waals surface area contributed by atoms with Gasteiger partial charge in [-0.05, 0) is 23.8 Å². The first-order valence-electron chi connectivity index (χ1n) is 5.60. The van der Waals surface area contributed by atoms with Gasteiger partial charge >= 0.3 is 0 Å². The standard InChI is InChI=1S/C13H17N3O.ClH/c1-16-12(7-8-15-16)10-14-9-11-3-5-13(17-2)6-4-11;/h3-8,14H,9-10H2,1-2H3;1H. The van der Waals surface area contributed by atoms with Gasteiger partial charge in [-0.25, -0.2) is 0 Å². The summed E-state index contributed by atoms with van der Waals surface area (Å²) in [5, 5.41) is 7.51. The molecule has 4 nitrogen and oxygen atoms in total. The SMILES string of the molecule is COc1ccc(CNCc2ccnn2C)cc1.Cl. The van der Waals surface area contributed by atoms with Crippen LogP contribution in [-0.4, -0.2) is 16.9 Å². The van der Waals surface area contributed by atoms with Gasteiger partial charge in [0.15, 0.2) is 0 Å². The number of hydrogen-bond acceptors (Lipinski definition) is 3. The van der Waals surface area contributed by atoms with E-state index in [2.05, 4.69) is 22.5 Å². The summed E-state index contributed by atoms with van der Waals surface area (Å²) < 4.78 is 6.99. The molecule has 2 rings (SSSR count). The van der Waals surface area contributed by atoms with Gasteiger partial charge in [-0.1, -0.05) is 12.1 Å². The Morgan fingerprint density at radius 3 is 2.44 bits per heavy atom. The van der Waals surface area contributed by atoms with Gasteiger partial charge in [0, 0.05) is 26.3 Å². The quantitative estimate of drug-likeness (QED) is 0.902. The molecule has 2 aromatic rings. The number of nitrogens with one attached hydrogen (secondary N) is 1. The van der Waals surface area contributed by atoms with Gasteiger partial charge in [0.25, 0.3) is 0 Å². The van der Waals surface area contributed by atoms with Crippen LogP contribution in [0, 0.1) is 0 Å². The van der Waals surface area contributed by atoms with Crippen LogP contribution in [0.3, 0.4) is 0 Å². The van der Waals surface area contributed by atoms with Gasteiger partial charge in [-0.3, -0.25) is 4.68 Å². The molecule has 0 aliphatic rings. The molecule has 0 radical (unpaired) electrons. The largest absolute Gasteiger partial charge is 0.497 e. The predicted molar refractivity (Wildman–Crippen MR) is 74.0 cm³/mol. The Hall–Kier alpha value is -1.52. The smallest absolute Gasteiger partial charge is 0.118 e. The number of aromatic nitrogens is 2. The molecular weight excluding hydrogens is 250 g/mol. The molecule has 0 unspecified atom stereocenters. The first-order chi connectivity index (χ1) is 8.29. The second-order valence-electron chi connectivity index (χ2n) is 3.90. The third-order valence-electron chi connectivity index (χ3n) is 2.72. The van der Waals surface area contributed by atoms with Gasteiger partial charge in [0.2, 0.25) is 0 Å². The second kappa shape index (κ2) is 7.03. The lowest BCUT2D eigenvalue weighted by Crippen LogP contribution is -2.15. The molecular formula is C13H18ClN3O. The number of nitrogens with zero attached hydrogens (tertiary/aromatic N) is 2. The van der Waals surface area contributed by atoms with E-state index in [1.807, 2.05) is 36.1 Å². The minimum Gasteiger partial charge on any atom is -0.497 e. The van der Waals surface area contributed by atoms with E-state index in [0.717, 1.165) is 18.8 Å². The fourth-order valence-electron chi connectivity index (χ4n) is 1.65. The third kappa shape index (κ3) is 3.75. The van der Waals surface area contributed by atoms with Crippen molar-refractivity contribution >= 4 is 12.4 Å². The van der Waals surface area contributed by atoms with E-state index >= 15 is 0 Å². The van der Waals surface area contributed by atoms with Gasteiger partial charge in [-0.2, -0.15) is 5.10 Å². The zero-order chi connectivity index (χ0) is 12.1. The molecule has 0 fully saturated rings. The van der Waals surface area contributed by atoms with E-state index in [9.17, 15) is 0 Å². The van der Waals surface area contributed by atoms with Crippen molar-refractivity contribution in [3.8, 4) is 5.75 Å². The number of benzene rings is 1. The van der Waals surface area contributed by atoms with Crippen LogP contribution in [-0.2, 0) is 20.1 Å². The van der Waals surface area contributed by atoms with E-state index in [4.69, 9.17) is 4.74 Å². The molecule has 1 heterocycles. The Balaban J connectivity index is 0.00000162. The fraction of sp³-hybridized carbons (Fsp3) is 0.308. The van der Waals surface area contributed by atoms with E-state index in [0.29, 0.717) is 0 Å². The fourth-order valence-corrected chi connectivity index (χ4v) is 1.65. The van der Waals surface area contributed by atoms with E-state index in [-0.39, 0.29) is 12.4 Å². The van der Waals surface area contributed by atoms with Crippen LogP contribution in [0.15, 0.2) is 36.5 Å². The zero-order valence-electron chi connectivity index (χ0n) is 10.6. The van der Waals surface area contributed by atoms with E-state index in [1.165, 1.54) is 11.3 Å². The van der Waals surface area contributed by atoms with Crippen LogP contribution < -0.4 is 10.1 Å². The first kappa shape index (κ1) is 14.5. The van der Waals surface area contributed by atoms with E-state index in [1.54, 1.807) is 7.11 Å². The molecule has 0 atom stereocenters. The highest BCUT2D eigenvalue weighted by Gasteiger charge is 1.98. The topological polar surface area (TPSA) is 39.1 Å². The van der Waals surface area contributed by atoms with Crippen LogP contribution in [0.4, 0.5) is 0 Å². The molecule has 0 spiro atoms. The van der Waals surface area contributed by atoms with Gasteiger partial charge in [-0.15, -0.1) is 12.4 Å². The zero-order valence-corrected chi connectivity index (χ0v) is 11.4. The third-order valence-corrected chi connectivity index (χ3v) is 2.72. The number of hydrogen-bond donors (Lipinski definition) is 1. The average molecular weight is 268 g/mol. The maximum atomic E-state index is 5.12. The summed E-state index contributed by atoms with van der Waals surface area (Å²) in [5.41, 5.74) is 2.42. The van der Waals surface area contributed by atoms with Crippen molar-refractivity contribution in [2.24, 2.45) is 7.05 Å². The minimum atomic E-state index is 0. The molecule has 0 saturated carbocycles. The number of rotatable bonds is 5. The summed E-state index contributed by atoms with van der Waals surface area (Å²) in [6.07, 6.45) is 1.81. The van der Waals surface area contributed by atoms with Crippen molar-refractivity contribution in [1.29, 1.82) is 0 Å². The maximum Gasteiger partial charge on any atom is 0.118 e. The average Bonchev–Trinajstić information content (AvgIpc) is 2.76. The Bertz CT molecular complexity index is 467. The Morgan fingerprint density at radius 2 is 1.89 bits per heavy atom. The molecule has 0 bridgehead atoms. The van der Waals surface area contributed by atoms with Crippen molar-refractivity contribution in [1.82, 2.24) is 15.1 Å². The molecule has 98 valence electrons. The molecule has 0 aliphatic heterocycles. The molecule has 1 aromatic heterocycles. The normalized spacial score (nSPS) is 9.89. The van der Waals surface area contributed by atoms with Crippen molar-refractivity contribution in [2.45, 2.75) is 13.1 Å². The molecule has 18 heavy (non-hydrogen) atoms. The summed E-state index contributed by atoms with van der Waals surface area (Å²) in [5.74, 6) is 0.889. The van der Waals surface area contributed by atoms with Crippen LogP contribution >= 0.6 is 12.4 Å². The van der Waals surface area contributed by atoms with E-state index < -0.39 is 0 Å². The lowest BCUT2D eigenvalue weighted by atomic mass is 10.2. The summed E-state index contributed by atoms with van der Waals surface area (Å²) in [6.45, 7) is 1.66. The van der Waals surface area contributed by atoms with Crippen molar-refractivity contribution in [2.75, 3.05) is 7.11 Å². The first-order valence-corrected chi connectivity index (χ1v) is 5.60. The van der Waals surface area contributed by atoms with Crippen molar-refractivity contribution < 1.29 is 4.74 Å². The monoisotopic (exact) mass is 267 g/mol. The molecule has 0 saturated heterocycles. The molecule has 5 heteroatoms. The highest BCUT2D eigenvalue weighted by molar-refractivity contribution is 5.85. The number of aryl methyl sites for hydroxylation is 1. The highest BCUT2D eigenvalue weighted by Crippen LogP contribution is 2.11. The van der Waals surface area contributed by atoms with Crippen LogP contribution in [0.5, 0.6) is 5.75 Å². The van der Waals surface area contributed by atoms with Crippen LogP contribution in [0.2, 0.25) is 0 Å². The maximum absolute atomic E-state index is 5.12. The number of ether oxygens (including phenoxy) is 1. The van der Waals surface area contributed by atoms with Gasteiger partial charge in [0.05, 0.1) is 12.8 Å². The van der Waals surface area contributed by atoms with Crippen molar-refractivity contribution in [3.63, 3.8) is 0 Å². The summed E-state index contributed by atoms with van der Waals surface area (Å²) in [7, 11) is 3.63. The van der Waals surface area contributed by atoms with Crippen LogP contribution in [0.1, 0.15) is 11.3 Å². The number of methoxy groups -OCH3 is 1. The summed E-state index contributed by atoms with van der Waals surface area (Å²) in [6, 6.07) is 10.1. The summed E-state index contributed by atoms with van der Waals surface area (Å²) >= 11 is 0. The molecule has 0 aliphatic carbocycles. The molecule has 0 amide bonds. The van der Waals surface area contributed by atoms with Crippen LogP contribution in [0.25, 0.3) is 0 Å². The Kier molecular flexibility index (Phi) is 5.68. The van der Waals surface area contributed by atoms with Gasteiger partial charge in [0.1, 0.15) is 5.75 Å². The van der Waals surface area contributed by atoms with Crippen molar-refractivity contribution in [3.05, 3.63) is 47.8 Å². The number of halogens is 1. The van der Waals surface area contributed by atoms with Gasteiger partial charge < -0.3 is 10.1 Å². The Morgan fingerprint density at radius 1 is 1.17 bits per heavy atom. The molecule has 1 N–H and O–H groups in total. The Labute approximate surface area is 113 Å². The predicted octanol–water partition coefficient (Wildman–Crippen LogP) is 2.14. The summed E-state index contributed by atoms with van der Waals surface area (Å²) in [4.78, 5) is 0. The minimum absolute atomic E-state index is 0. The second-order valence-corrected chi connectivity index (χ2v) is 3.90. The lowest BCUT2D eigenvalue weighted by molar-refractivity contribution is 0.414.